The number of amides is 2. The van der Waals surface area contributed by atoms with Gasteiger partial charge in [0.2, 0.25) is 11.8 Å². The van der Waals surface area contributed by atoms with Crippen LogP contribution in [0.5, 0.6) is 0 Å². The number of nitrogens with one attached hydrogen (secondary N) is 2. The molecule has 5 nitrogen and oxygen atoms in total. The molecule has 3 aliphatic carbocycles. The summed E-state index contributed by atoms with van der Waals surface area (Å²) < 4.78 is 26.6. The topological polar surface area (TPSA) is 61.4 Å². The van der Waals surface area contributed by atoms with E-state index in [2.05, 4.69) is 16.0 Å². The Kier molecular flexibility index (Phi) is 5.79. The van der Waals surface area contributed by atoms with Crippen LogP contribution in [0.4, 0.5) is 8.78 Å². The average Bonchev–Trinajstić information content (AvgIpc) is 3.68. The third kappa shape index (κ3) is 5.11. The number of hydrogen-bond acceptors (Lipinski definition) is 4. The van der Waals surface area contributed by atoms with Crippen LogP contribution in [-0.4, -0.2) is 53.9 Å². The first-order chi connectivity index (χ1) is 14.9. The van der Waals surface area contributed by atoms with Crippen molar-refractivity contribution in [1.82, 2.24) is 15.5 Å². The minimum absolute atomic E-state index is 0.135. The van der Waals surface area contributed by atoms with Gasteiger partial charge >= 0.3 is 0 Å². The van der Waals surface area contributed by atoms with Crippen molar-refractivity contribution in [2.75, 3.05) is 13.1 Å². The molecule has 0 aromatic carbocycles. The molecule has 1 aromatic heterocycles. The number of piperidine rings is 1. The molecule has 0 spiro atoms. The van der Waals surface area contributed by atoms with Gasteiger partial charge in [0.15, 0.2) is 0 Å². The van der Waals surface area contributed by atoms with Gasteiger partial charge in [-0.1, -0.05) is 0 Å². The van der Waals surface area contributed by atoms with Crippen LogP contribution in [0.3, 0.4) is 0 Å². The first kappa shape index (κ1) is 21.3. The van der Waals surface area contributed by atoms with Gasteiger partial charge in [-0.15, -0.1) is 11.3 Å². The Hall–Kier alpha value is -1.54. The second-order valence-corrected chi connectivity index (χ2v) is 10.7. The van der Waals surface area contributed by atoms with E-state index in [-0.39, 0.29) is 24.8 Å². The van der Waals surface area contributed by atoms with Crippen LogP contribution in [0.25, 0.3) is 0 Å². The summed E-state index contributed by atoms with van der Waals surface area (Å²) in [6.45, 7) is 1.72. The lowest BCUT2D eigenvalue weighted by Gasteiger charge is -2.32. The zero-order valence-electron chi connectivity index (χ0n) is 17.7. The summed E-state index contributed by atoms with van der Waals surface area (Å²) in [5, 5.41) is 8.75. The van der Waals surface area contributed by atoms with Crippen molar-refractivity contribution >= 4 is 23.2 Å². The maximum absolute atomic E-state index is 13.3. The highest BCUT2D eigenvalue weighted by Crippen LogP contribution is 2.43. The summed E-state index contributed by atoms with van der Waals surface area (Å²) in [5.41, 5.74) is 1.20. The molecule has 8 heteroatoms. The summed E-state index contributed by atoms with van der Waals surface area (Å²) in [5.74, 6) is -1.61. The Balaban J connectivity index is 1.06. The van der Waals surface area contributed by atoms with Crippen molar-refractivity contribution in [3.63, 3.8) is 0 Å². The van der Waals surface area contributed by atoms with E-state index in [9.17, 15) is 18.4 Å². The van der Waals surface area contributed by atoms with Gasteiger partial charge in [-0.25, -0.2) is 8.78 Å². The molecule has 1 aliphatic heterocycles. The van der Waals surface area contributed by atoms with Crippen molar-refractivity contribution in [3.8, 4) is 0 Å². The monoisotopic (exact) mass is 451 g/mol. The van der Waals surface area contributed by atoms with Gasteiger partial charge in [0, 0.05) is 55.9 Å². The molecule has 3 saturated carbocycles. The third-order valence-electron chi connectivity index (χ3n) is 7.30. The number of likely N-dealkylation sites (tertiary alicyclic amines) is 1. The summed E-state index contributed by atoms with van der Waals surface area (Å²) in [6, 6.07) is 2.73. The van der Waals surface area contributed by atoms with E-state index in [0.717, 1.165) is 45.2 Å². The van der Waals surface area contributed by atoms with E-state index in [0.29, 0.717) is 47.5 Å². The number of alkyl halides is 2. The Bertz CT molecular complexity index is 823. The molecular weight excluding hydrogens is 420 g/mol. The molecule has 4 fully saturated rings. The number of hydrogen-bond donors (Lipinski definition) is 2. The van der Waals surface area contributed by atoms with E-state index in [1.165, 1.54) is 16.9 Å². The van der Waals surface area contributed by atoms with Crippen molar-refractivity contribution in [1.29, 1.82) is 0 Å². The van der Waals surface area contributed by atoms with Crippen LogP contribution in [0.1, 0.15) is 78.9 Å². The zero-order valence-corrected chi connectivity index (χ0v) is 18.6. The SMILES string of the molecule is O=C(NC1CCC(F)(F)CC1)c1cc([C@@H]2C[C@H]2NC2CCN(C(=O)C3CC3)CC2)cs1. The fourth-order valence-corrected chi connectivity index (χ4v) is 5.89. The van der Waals surface area contributed by atoms with Crippen LogP contribution in [0, 0.1) is 5.92 Å². The molecule has 2 heterocycles. The van der Waals surface area contributed by atoms with Gasteiger partial charge in [-0.3, -0.25) is 9.59 Å². The molecule has 2 N–H and O–H groups in total. The molecule has 2 amide bonds. The molecule has 4 aliphatic rings. The minimum Gasteiger partial charge on any atom is -0.349 e. The van der Waals surface area contributed by atoms with Crippen LogP contribution in [0.15, 0.2) is 11.4 Å². The third-order valence-corrected chi connectivity index (χ3v) is 8.24. The fourth-order valence-electron chi connectivity index (χ4n) is 5.01. The molecule has 2 atom stereocenters. The molecule has 31 heavy (non-hydrogen) atoms. The van der Waals surface area contributed by atoms with Crippen molar-refractivity contribution in [2.45, 2.75) is 87.8 Å². The van der Waals surface area contributed by atoms with Crippen LogP contribution in [0.2, 0.25) is 0 Å². The van der Waals surface area contributed by atoms with Crippen molar-refractivity contribution in [2.24, 2.45) is 5.92 Å². The second-order valence-electron chi connectivity index (χ2n) is 9.84. The molecule has 170 valence electrons. The first-order valence-corrected chi connectivity index (χ1v) is 12.6. The predicted octanol–water partition coefficient (Wildman–Crippen LogP) is 3.90. The number of carbonyl (C=O) groups excluding carboxylic acids is 2. The molecule has 0 unspecified atom stereocenters. The molecule has 1 saturated heterocycles. The van der Waals surface area contributed by atoms with Gasteiger partial charge in [0.1, 0.15) is 0 Å². The van der Waals surface area contributed by atoms with Crippen LogP contribution in [-0.2, 0) is 4.79 Å². The highest BCUT2D eigenvalue weighted by molar-refractivity contribution is 7.12. The average molecular weight is 452 g/mol. The fraction of sp³-hybridized carbons (Fsp3) is 0.739. The Morgan fingerprint density at radius 2 is 1.74 bits per heavy atom. The maximum atomic E-state index is 13.3. The standard InChI is InChI=1S/C23H31F2N3O2S/c24-23(25)7-3-16(4-8-23)27-21(29)20-11-15(13-31-20)18-12-19(18)26-17-5-9-28(10-6-17)22(30)14-1-2-14/h11,13-14,16-19,26H,1-10,12H2,(H,27,29)/t18-,19+/m0/s1. The number of thiophene rings is 1. The Labute approximate surface area is 185 Å². The quantitative estimate of drug-likeness (QED) is 0.690. The van der Waals surface area contributed by atoms with Crippen molar-refractivity contribution < 1.29 is 18.4 Å². The van der Waals surface area contributed by atoms with E-state index in [1.807, 2.05) is 11.0 Å². The Morgan fingerprint density at radius 1 is 1.03 bits per heavy atom. The number of rotatable bonds is 6. The molecule has 5 rings (SSSR count). The van der Waals surface area contributed by atoms with Gasteiger partial charge in [0.25, 0.3) is 5.91 Å². The molecule has 1 aromatic rings. The van der Waals surface area contributed by atoms with Gasteiger partial charge in [-0.05, 0) is 62.0 Å². The summed E-state index contributed by atoms with van der Waals surface area (Å²) in [6.07, 6.45) is 5.65. The lowest BCUT2D eigenvalue weighted by molar-refractivity contribution is -0.133. The molecular formula is C23H31F2N3O2S. The van der Waals surface area contributed by atoms with Gasteiger partial charge in [0.05, 0.1) is 4.88 Å². The highest BCUT2D eigenvalue weighted by atomic mass is 32.1. The zero-order chi connectivity index (χ0) is 21.6. The van der Waals surface area contributed by atoms with Gasteiger partial charge < -0.3 is 15.5 Å². The summed E-state index contributed by atoms with van der Waals surface area (Å²) >= 11 is 1.44. The number of nitrogens with zero attached hydrogens (tertiary/aromatic N) is 1. The van der Waals surface area contributed by atoms with E-state index in [1.54, 1.807) is 0 Å². The highest BCUT2D eigenvalue weighted by Gasteiger charge is 2.42. The second kappa shape index (κ2) is 8.43. The molecule has 0 radical (unpaired) electrons. The van der Waals surface area contributed by atoms with Crippen LogP contribution < -0.4 is 10.6 Å². The van der Waals surface area contributed by atoms with Gasteiger partial charge in [-0.2, -0.15) is 0 Å². The smallest absolute Gasteiger partial charge is 0.261 e. The number of carbonyl (C=O) groups is 2. The lowest BCUT2D eigenvalue weighted by atomic mass is 9.92. The number of halogens is 2. The van der Waals surface area contributed by atoms with E-state index >= 15 is 0 Å². The minimum atomic E-state index is -2.57. The summed E-state index contributed by atoms with van der Waals surface area (Å²) in [7, 11) is 0. The van der Waals surface area contributed by atoms with E-state index in [4.69, 9.17) is 0 Å². The first-order valence-electron chi connectivity index (χ1n) is 11.7. The van der Waals surface area contributed by atoms with Crippen molar-refractivity contribution in [3.05, 3.63) is 21.9 Å². The largest absolute Gasteiger partial charge is 0.349 e. The van der Waals surface area contributed by atoms with E-state index < -0.39 is 5.92 Å². The Morgan fingerprint density at radius 3 is 2.42 bits per heavy atom. The van der Waals surface area contributed by atoms with Crippen LogP contribution >= 0.6 is 11.3 Å². The summed E-state index contributed by atoms with van der Waals surface area (Å²) in [4.78, 5) is 27.4. The predicted molar refractivity (Wildman–Crippen MR) is 116 cm³/mol. The maximum Gasteiger partial charge on any atom is 0.261 e. The lowest BCUT2D eigenvalue weighted by Crippen LogP contribution is -2.46. The molecule has 0 bridgehead atoms. The normalized spacial score (nSPS) is 29.0.